The molecule has 0 radical (unpaired) electrons. The van der Waals surface area contributed by atoms with Gasteiger partial charge in [0.1, 0.15) is 11.5 Å². The lowest BCUT2D eigenvalue weighted by molar-refractivity contribution is -0.0423. The Hall–Kier alpha value is -3.74. The summed E-state index contributed by atoms with van der Waals surface area (Å²) >= 11 is 0. The molecule has 1 unspecified atom stereocenters. The maximum atomic E-state index is 14.7. The van der Waals surface area contributed by atoms with Crippen molar-refractivity contribution in [3.8, 4) is 5.69 Å². The first-order valence-corrected chi connectivity index (χ1v) is 10.1. The molecule has 0 spiro atoms. The highest BCUT2D eigenvalue weighted by molar-refractivity contribution is 5.98. The van der Waals surface area contributed by atoms with Gasteiger partial charge in [-0.2, -0.15) is 10.2 Å². The van der Waals surface area contributed by atoms with Crippen LogP contribution in [0.5, 0.6) is 0 Å². The molecule has 1 saturated carbocycles. The van der Waals surface area contributed by atoms with Gasteiger partial charge in [-0.1, -0.05) is 0 Å². The normalized spacial score (nSPS) is 19.8. The van der Waals surface area contributed by atoms with E-state index < -0.39 is 36.2 Å². The molecule has 0 saturated heterocycles. The fourth-order valence-electron chi connectivity index (χ4n) is 3.67. The maximum Gasteiger partial charge on any atom is 0.252 e. The molecule has 33 heavy (non-hydrogen) atoms. The van der Waals surface area contributed by atoms with E-state index in [-0.39, 0.29) is 30.0 Å². The van der Waals surface area contributed by atoms with Crippen LogP contribution >= 0.6 is 0 Å². The third kappa shape index (κ3) is 4.87. The summed E-state index contributed by atoms with van der Waals surface area (Å²) in [5, 5.41) is 13.9. The number of hydrogen-bond acceptors (Lipinski definition) is 8. The van der Waals surface area contributed by atoms with E-state index in [2.05, 4.69) is 30.8 Å². The number of amides is 1. The van der Waals surface area contributed by atoms with Crippen molar-refractivity contribution in [3.05, 3.63) is 47.8 Å². The van der Waals surface area contributed by atoms with Crippen molar-refractivity contribution in [2.24, 2.45) is 11.5 Å². The van der Waals surface area contributed by atoms with E-state index in [0.29, 0.717) is 17.1 Å². The molecular formula is C20H22F3N9O. The molecule has 10 nitrogen and oxygen atoms in total. The molecule has 1 aliphatic carbocycles. The first kappa shape index (κ1) is 22.5. The van der Waals surface area contributed by atoms with Crippen LogP contribution in [0.2, 0.25) is 0 Å². The van der Waals surface area contributed by atoms with Crippen molar-refractivity contribution in [2.45, 2.75) is 44.2 Å². The highest BCUT2D eigenvalue weighted by Gasteiger charge is 2.40. The van der Waals surface area contributed by atoms with Gasteiger partial charge in [0.2, 0.25) is 5.92 Å². The van der Waals surface area contributed by atoms with Gasteiger partial charge in [-0.25, -0.2) is 18.2 Å². The molecule has 13 heteroatoms. The number of halogens is 3. The summed E-state index contributed by atoms with van der Waals surface area (Å²) in [7, 11) is 0. The summed E-state index contributed by atoms with van der Waals surface area (Å²) in [6.45, 7) is 1.77. The monoisotopic (exact) mass is 461 g/mol. The standard InChI is InChI=1S/C20H22F3N9O/c1-10-16(32-27-4-5-28-32)6-11(9-26-10)29-18-12(17(25)33)7-13(21)19(31-18)30-15-2-3-20(22,23)8-14(15)24/h4-7,9,14-15H,2-3,8,24H2,1H3,(H2,25,33)(H2,29,30,31)/t14-,15?/m0/s1. The van der Waals surface area contributed by atoms with Crippen LogP contribution in [-0.4, -0.2) is 48.9 Å². The lowest BCUT2D eigenvalue weighted by Crippen LogP contribution is -2.48. The SMILES string of the molecule is Cc1ncc(Nc2nc(NC3CCC(F)(F)C[C@@H]3N)c(F)cc2C(N)=O)cc1-n1nccn1. The Kier molecular flexibility index (Phi) is 5.89. The van der Waals surface area contributed by atoms with E-state index in [1.807, 2.05) is 0 Å². The summed E-state index contributed by atoms with van der Waals surface area (Å²) in [4.78, 5) is 21.7. The molecule has 3 heterocycles. The molecule has 1 fully saturated rings. The van der Waals surface area contributed by atoms with Crippen LogP contribution in [-0.2, 0) is 0 Å². The van der Waals surface area contributed by atoms with Crippen LogP contribution in [0.1, 0.15) is 35.3 Å². The number of pyridine rings is 2. The number of alkyl halides is 2. The number of nitrogens with one attached hydrogen (secondary N) is 2. The van der Waals surface area contributed by atoms with Gasteiger partial charge in [0.15, 0.2) is 11.6 Å². The molecule has 3 aromatic rings. The number of anilines is 3. The van der Waals surface area contributed by atoms with Crippen molar-refractivity contribution in [1.82, 2.24) is 25.0 Å². The number of nitrogens with two attached hydrogens (primary N) is 2. The molecule has 0 aromatic carbocycles. The molecule has 1 amide bonds. The predicted octanol–water partition coefficient (Wildman–Crippen LogP) is 2.27. The van der Waals surface area contributed by atoms with Crippen LogP contribution < -0.4 is 22.1 Å². The lowest BCUT2D eigenvalue weighted by atomic mass is 9.88. The Morgan fingerprint density at radius 1 is 1.24 bits per heavy atom. The number of aromatic nitrogens is 5. The largest absolute Gasteiger partial charge is 0.365 e. The summed E-state index contributed by atoms with van der Waals surface area (Å²) in [5.41, 5.74) is 12.7. The van der Waals surface area contributed by atoms with Crippen molar-refractivity contribution in [2.75, 3.05) is 10.6 Å². The highest BCUT2D eigenvalue weighted by Crippen LogP contribution is 2.34. The van der Waals surface area contributed by atoms with Gasteiger partial charge in [0, 0.05) is 24.9 Å². The lowest BCUT2D eigenvalue weighted by Gasteiger charge is -2.34. The summed E-state index contributed by atoms with van der Waals surface area (Å²) in [5.74, 6) is -4.89. The van der Waals surface area contributed by atoms with Crippen LogP contribution in [0.15, 0.2) is 30.7 Å². The smallest absolute Gasteiger partial charge is 0.252 e. The average molecular weight is 461 g/mol. The van der Waals surface area contributed by atoms with Crippen molar-refractivity contribution in [1.29, 1.82) is 0 Å². The molecule has 1 aliphatic rings. The number of carbonyl (C=O) groups is 1. The Labute approximate surface area is 186 Å². The Bertz CT molecular complexity index is 1170. The topological polar surface area (TPSA) is 150 Å². The second-order valence-electron chi connectivity index (χ2n) is 7.86. The molecule has 174 valence electrons. The number of carbonyl (C=O) groups excluding carboxylic acids is 1. The second-order valence-corrected chi connectivity index (χ2v) is 7.86. The van der Waals surface area contributed by atoms with E-state index in [0.717, 1.165) is 6.07 Å². The molecular weight excluding hydrogens is 439 g/mol. The number of primary amides is 1. The zero-order valence-corrected chi connectivity index (χ0v) is 17.6. The fraction of sp³-hybridized carbons (Fsp3) is 0.350. The number of rotatable bonds is 6. The molecule has 0 aliphatic heterocycles. The van der Waals surface area contributed by atoms with Crippen LogP contribution in [0, 0.1) is 12.7 Å². The summed E-state index contributed by atoms with van der Waals surface area (Å²) < 4.78 is 41.8. The van der Waals surface area contributed by atoms with Gasteiger partial charge >= 0.3 is 0 Å². The van der Waals surface area contributed by atoms with Crippen molar-refractivity contribution < 1.29 is 18.0 Å². The van der Waals surface area contributed by atoms with Crippen LogP contribution in [0.25, 0.3) is 5.69 Å². The minimum atomic E-state index is -2.86. The Morgan fingerprint density at radius 2 is 1.97 bits per heavy atom. The Balaban J connectivity index is 1.64. The third-order valence-electron chi connectivity index (χ3n) is 5.39. The van der Waals surface area contributed by atoms with Gasteiger partial charge in [-0.15, -0.1) is 4.80 Å². The van der Waals surface area contributed by atoms with Gasteiger partial charge in [-0.3, -0.25) is 9.78 Å². The van der Waals surface area contributed by atoms with Crippen molar-refractivity contribution >= 4 is 23.2 Å². The average Bonchev–Trinajstić information content (AvgIpc) is 3.27. The molecule has 4 rings (SSSR count). The van der Waals surface area contributed by atoms with Gasteiger partial charge < -0.3 is 22.1 Å². The van der Waals surface area contributed by atoms with E-state index in [9.17, 15) is 18.0 Å². The van der Waals surface area contributed by atoms with E-state index in [1.54, 1.807) is 13.0 Å². The van der Waals surface area contributed by atoms with Gasteiger partial charge in [0.05, 0.1) is 35.5 Å². The third-order valence-corrected chi connectivity index (χ3v) is 5.39. The van der Waals surface area contributed by atoms with Crippen LogP contribution in [0.3, 0.4) is 0 Å². The molecule has 6 N–H and O–H groups in total. The number of hydrogen-bond donors (Lipinski definition) is 4. The highest BCUT2D eigenvalue weighted by atomic mass is 19.3. The maximum absolute atomic E-state index is 14.7. The predicted molar refractivity (Wildman–Crippen MR) is 114 cm³/mol. The van der Waals surface area contributed by atoms with Gasteiger partial charge in [-0.05, 0) is 25.5 Å². The number of aryl methyl sites for hydroxylation is 1. The molecule has 3 aromatic heterocycles. The first-order valence-electron chi connectivity index (χ1n) is 10.1. The zero-order chi connectivity index (χ0) is 23.8. The fourth-order valence-corrected chi connectivity index (χ4v) is 3.67. The quantitative estimate of drug-likeness (QED) is 0.437. The second kappa shape index (κ2) is 8.65. The number of nitrogens with zero attached hydrogens (tertiary/aromatic N) is 5. The molecule has 2 atom stereocenters. The van der Waals surface area contributed by atoms with E-state index >= 15 is 0 Å². The minimum Gasteiger partial charge on any atom is -0.365 e. The van der Waals surface area contributed by atoms with Gasteiger partial charge in [0.25, 0.3) is 5.91 Å². The van der Waals surface area contributed by atoms with E-state index in [4.69, 9.17) is 11.5 Å². The summed E-state index contributed by atoms with van der Waals surface area (Å²) in [6, 6.07) is 1.09. The van der Waals surface area contributed by atoms with Crippen molar-refractivity contribution in [3.63, 3.8) is 0 Å². The van der Waals surface area contributed by atoms with Crippen LogP contribution in [0.4, 0.5) is 30.5 Å². The van der Waals surface area contributed by atoms with E-state index in [1.165, 1.54) is 23.4 Å². The Morgan fingerprint density at radius 3 is 2.64 bits per heavy atom. The first-order chi connectivity index (χ1) is 15.6. The summed E-state index contributed by atoms with van der Waals surface area (Å²) in [6.07, 6.45) is 3.66. The minimum absolute atomic E-state index is 0.0360. The molecule has 0 bridgehead atoms. The zero-order valence-electron chi connectivity index (χ0n) is 17.6.